The summed E-state index contributed by atoms with van der Waals surface area (Å²) in [7, 11) is 0. The van der Waals surface area contributed by atoms with Crippen LogP contribution in [0.15, 0.2) is 0 Å². The average Bonchev–Trinajstić information content (AvgIpc) is 2.45. The van der Waals surface area contributed by atoms with Crippen molar-refractivity contribution in [2.75, 3.05) is 19.6 Å². The van der Waals surface area contributed by atoms with E-state index in [1.807, 2.05) is 0 Å². The van der Waals surface area contributed by atoms with E-state index in [-0.39, 0.29) is 0 Å². The van der Waals surface area contributed by atoms with Gasteiger partial charge in [0.1, 0.15) is 0 Å². The molecule has 1 heterocycles. The zero-order valence-electron chi connectivity index (χ0n) is 13.3. The minimum atomic E-state index is -4.00. The summed E-state index contributed by atoms with van der Waals surface area (Å²) in [5.74, 6) is -0.365. The van der Waals surface area contributed by atoms with Gasteiger partial charge in [-0.2, -0.15) is 13.2 Å². The van der Waals surface area contributed by atoms with Crippen molar-refractivity contribution >= 4 is 0 Å². The fourth-order valence-corrected chi connectivity index (χ4v) is 3.88. The summed E-state index contributed by atoms with van der Waals surface area (Å²) in [6, 6.07) is 0.769. The lowest BCUT2D eigenvalue weighted by molar-refractivity contribution is -0.184. The number of nitrogens with zero attached hydrogens (tertiary/aromatic N) is 1. The van der Waals surface area contributed by atoms with E-state index in [1.165, 1.54) is 12.8 Å². The van der Waals surface area contributed by atoms with Gasteiger partial charge in [-0.05, 0) is 71.4 Å². The van der Waals surface area contributed by atoms with Gasteiger partial charge in [0, 0.05) is 18.6 Å². The number of hydrogen-bond acceptors (Lipinski definition) is 2. The number of halogens is 3. The molecule has 0 aromatic carbocycles. The number of piperidine rings is 1. The Morgan fingerprint density at radius 3 is 2.05 bits per heavy atom. The molecule has 2 aliphatic rings. The zero-order valence-corrected chi connectivity index (χ0v) is 13.3. The second-order valence-corrected chi connectivity index (χ2v) is 7.03. The Balaban J connectivity index is 1.87. The molecule has 1 N–H and O–H groups in total. The van der Waals surface area contributed by atoms with E-state index in [1.54, 1.807) is 0 Å². The molecule has 0 aromatic rings. The molecule has 2 rings (SSSR count). The van der Waals surface area contributed by atoms with Gasteiger partial charge in [-0.1, -0.05) is 0 Å². The van der Waals surface area contributed by atoms with Crippen LogP contribution in [-0.4, -0.2) is 42.8 Å². The highest BCUT2D eigenvalue weighted by atomic mass is 19.4. The maximum absolute atomic E-state index is 12.8. The highest BCUT2D eigenvalue weighted by Crippen LogP contribution is 2.39. The summed E-state index contributed by atoms with van der Waals surface area (Å²) in [5.41, 5.74) is 0. The van der Waals surface area contributed by atoms with Gasteiger partial charge in [-0.3, -0.25) is 4.90 Å². The summed E-state index contributed by atoms with van der Waals surface area (Å²) in [5, 5.41) is 3.38. The van der Waals surface area contributed by atoms with E-state index < -0.39 is 12.1 Å². The summed E-state index contributed by atoms with van der Waals surface area (Å²) in [6.45, 7) is 7.57. The molecular formula is C16H29F3N2. The lowest BCUT2D eigenvalue weighted by atomic mass is 9.84. The molecule has 5 heteroatoms. The van der Waals surface area contributed by atoms with Crippen molar-refractivity contribution in [2.24, 2.45) is 11.8 Å². The SMILES string of the molecule is CC(C)N(CC1CCNCC1)C1CCC(C(F)(F)F)CC1. The van der Waals surface area contributed by atoms with Crippen LogP contribution < -0.4 is 5.32 Å². The van der Waals surface area contributed by atoms with Crippen molar-refractivity contribution in [2.45, 2.75) is 70.6 Å². The number of rotatable bonds is 4. The first-order chi connectivity index (χ1) is 9.88. The van der Waals surface area contributed by atoms with Gasteiger partial charge in [0.25, 0.3) is 0 Å². The molecule has 21 heavy (non-hydrogen) atoms. The van der Waals surface area contributed by atoms with Crippen LogP contribution >= 0.6 is 0 Å². The molecule has 2 nitrogen and oxygen atoms in total. The first-order valence-corrected chi connectivity index (χ1v) is 8.41. The Morgan fingerprint density at radius 1 is 1.00 bits per heavy atom. The average molecular weight is 306 g/mol. The minimum Gasteiger partial charge on any atom is -0.317 e. The first kappa shape index (κ1) is 17.1. The van der Waals surface area contributed by atoms with Gasteiger partial charge in [-0.15, -0.1) is 0 Å². The molecular weight excluding hydrogens is 277 g/mol. The highest BCUT2D eigenvalue weighted by molar-refractivity contribution is 4.85. The van der Waals surface area contributed by atoms with E-state index in [0.29, 0.717) is 43.7 Å². The third-order valence-electron chi connectivity index (χ3n) is 5.22. The van der Waals surface area contributed by atoms with E-state index in [4.69, 9.17) is 0 Å². The second-order valence-electron chi connectivity index (χ2n) is 7.03. The highest BCUT2D eigenvalue weighted by Gasteiger charge is 2.42. The van der Waals surface area contributed by atoms with Gasteiger partial charge in [-0.25, -0.2) is 0 Å². The molecule has 0 atom stereocenters. The number of alkyl halides is 3. The van der Waals surface area contributed by atoms with Crippen molar-refractivity contribution in [1.29, 1.82) is 0 Å². The zero-order chi connectivity index (χ0) is 15.5. The van der Waals surface area contributed by atoms with Crippen LogP contribution in [0, 0.1) is 11.8 Å². The van der Waals surface area contributed by atoms with Crippen LogP contribution in [0.5, 0.6) is 0 Å². The molecule has 0 aromatic heterocycles. The fraction of sp³-hybridized carbons (Fsp3) is 1.00. The number of nitrogens with one attached hydrogen (secondary N) is 1. The molecule has 1 aliphatic heterocycles. The van der Waals surface area contributed by atoms with E-state index in [0.717, 1.165) is 19.6 Å². The molecule has 1 aliphatic carbocycles. The monoisotopic (exact) mass is 306 g/mol. The van der Waals surface area contributed by atoms with Crippen molar-refractivity contribution in [3.8, 4) is 0 Å². The van der Waals surface area contributed by atoms with Crippen molar-refractivity contribution < 1.29 is 13.2 Å². The lowest BCUT2D eigenvalue weighted by Crippen LogP contribution is -2.47. The van der Waals surface area contributed by atoms with Gasteiger partial charge in [0.05, 0.1) is 5.92 Å². The quantitative estimate of drug-likeness (QED) is 0.849. The predicted molar refractivity (Wildman–Crippen MR) is 79.2 cm³/mol. The van der Waals surface area contributed by atoms with Crippen LogP contribution in [-0.2, 0) is 0 Å². The second kappa shape index (κ2) is 7.32. The summed E-state index contributed by atoms with van der Waals surface area (Å²) >= 11 is 0. The molecule has 1 saturated heterocycles. The van der Waals surface area contributed by atoms with Gasteiger partial charge < -0.3 is 5.32 Å². The summed E-state index contributed by atoms with van der Waals surface area (Å²) in [6.07, 6.45) is 0.415. The Bertz CT molecular complexity index is 303. The van der Waals surface area contributed by atoms with Crippen molar-refractivity contribution in [3.63, 3.8) is 0 Å². The maximum atomic E-state index is 12.8. The van der Waals surface area contributed by atoms with E-state index >= 15 is 0 Å². The lowest BCUT2D eigenvalue weighted by Gasteiger charge is -2.42. The topological polar surface area (TPSA) is 15.3 Å². The maximum Gasteiger partial charge on any atom is 0.391 e. The van der Waals surface area contributed by atoms with Crippen molar-refractivity contribution in [3.05, 3.63) is 0 Å². The normalized spacial score (nSPS) is 29.3. The summed E-state index contributed by atoms with van der Waals surface area (Å²) in [4.78, 5) is 2.47. The molecule has 0 amide bonds. The Labute approximate surface area is 126 Å². The van der Waals surface area contributed by atoms with Crippen LogP contribution in [0.25, 0.3) is 0 Å². The largest absolute Gasteiger partial charge is 0.391 e. The molecule has 124 valence electrons. The Hall–Kier alpha value is -0.290. The summed E-state index contributed by atoms with van der Waals surface area (Å²) < 4.78 is 38.3. The van der Waals surface area contributed by atoms with E-state index in [9.17, 15) is 13.2 Å². The Morgan fingerprint density at radius 2 is 1.57 bits per heavy atom. The van der Waals surface area contributed by atoms with Crippen molar-refractivity contribution in [1.82, 2.24) is 10.2 Å². The molecule has 0 unspecified atom stereocenters. The van der Waals surface area contributed by atoms with Crippen LogP contribution in [0.4, 0.5) is 13.2 Å². The molecule has 0 radical (unpaired) electrons. The molecule has 1 saturated carbocycles. The minimum absolute atomic E-state index is 0.309. The van der Waals surface area contributed by atoms with E-state index in [2.05, 4.69) is 24.1 Å². The van der Waals surface area contributed by atoms with Crippen LogP contribution in [0.1, 0.15) is 52.4 Å². The Kier molecular flexibility index (Phi) is 5.95. The third kappa shape index (κ3) is 4.85. The predicted octanol–water partition coefficient (Wildman–Crippen LogP) is 3.82. The van der Waals surface area contributed by atoms with Gasteiger partial charge in [0.2, 0.25) is 0 Å². The number of hydrogen-bond donors (Lipinski definition) is 1. The first-order valence-electron chi connectivity index (χ1n) is 8.41. The molecule has 0 bridgehead atoms. The fourth-order valence-electron chi connectivity index (χ4n) is 3.88. The molecule has 2 fully saturated rings. The van der Waals surface area contributed by atoms with Crippen LogP contribution in [0.2, 0.25) is 0 Å². The van der Waals surface area contributed by atoms with Crippen LogP contribution in [0.3, 0.4) is 0 Å². The van der Waals surface area contributed by atoms with Gasteiger partial charge in [0.15, 0.2) is 0 Å². The molecule has 0 spiro atoms. The smallest absolute Gasteiger partial charge is 0.317 e. The standard InChI is InChI=1S/C16H29F3N2/c1-12(2)21(11-13-7-9-20-10-8-13)15-5-3-14(4-6-15)16(17,18)19/h12-15,20H,3-11H2,1-2H3. The van der Waals surface area contributed by atoms with Gasteiger partial charge >= 0.3 is 6.18 Å². The third-order valence-corrected chi connectivity index (χ3v) is 5.22.